The average molecular weight is 559 g/mol. The van der Waals surface area contributed by atoms with Crippen molar-refractivity contribution in [2.45, 2.75) is 20.1 Å². The van der Waals surface area contributed by atoms with Gasteiger partial charge >= 0.3 is 0 Å². The van der Waals surface area contributed by atoms with Crippen LogP contribution < -0.4 is 9.47 Å². The first-order valence-electron chi connectivity index (χ1n) is 11.1. The Bertz CT molecular complexity index is 1390. The molecule has 2 amide bonds. The van der Waals surface area contributed by atoms with Gasteiger partial charge < -0.3 is 9.47 Å². The van der Waals surface area contributed by atoms with Crippen molar-refractivity contribution in [3.63, 3.8) is 0 Å². The van der Waals surface area contributed by atoms with Gasteiger partial charge in [-0.3, -0.25) is 24.6 Å². The molecule has 0 atom stereocenters. The Morgan fingerprint density at radius 1 is 0.946 bits per heavy atom. The third-order valence-corrected chi connectivity index (χ3v) is 6.95. The molecule has 1 heterocycles. The van der Waals surface area contributed by atoms with Crippen LogP contribution in [-0.2, 0) is 17.9 Å². The van der Waals surface area contributed by atoms with E-state index in [1.165, 1.54) is 12.1 Å². The van der Waals surface area contributed by atoms with Gasteiger partial charge in [-0.2, -0.15) is 0 Å². The van der Waals surface area contributed by atoms with Gasteiger partial charge in [0.25, 0.3) is 16.8 Å². The third kappa shape index (κ3) is 6.43. The SMILES string of the molecule is CCOc1cc(/C=C2\SC(=O)N(Cc3ccc(Cl)c(Cl)c3)C2=O)ccc1OCc1ccc([N+](=O)[O-])cc1. The number of non-ortho nitro benzene ring substituents is 1. The molecule has 1 fully saturated rings. The third-order valence-electron chi connectivity index (χ3n) is 5.31. The van der Waals surface area contributed by atoms with Gasteiger partial charge in [0.15, 0.2) is 11.5 Å². The van der Waals surface area contributed by atoms with Crippen LogP contribution >= 0.6 is 35.0 Å². The van der Waals surface area contributed by atoms with Gasteiger partial charge in [-0.05, 0) is 77.9 Å². The first kappa shape index (κ1) is 26.5. The monoisotopic (exact) mass is 558 g/mol. The number of thioether (sulfide) groups is 1. The van der Waals surface area contributed by atoms with E-state index in [1.807, 2.05) is 6.92 Å². The second-order valence-electron chi connectivity index (χ2n) is 7.87. The fourth-order valence-electron chi connectivity index (χ4n) is 3.49. The lowest BCUT2D eigenvalue weighted by atomic mass is 10.1. The highest BCUT2D eigenvalue weighted by Gasteiger charge is 2.35. The van der Waals surface area contributed by atoms with Crippen LogP contribution in [0.5, 0.6) is 11.5 Å². The molecule has 0 unspecified atom stereocenters. The van der Waals surface area contributed by atoms with Gasteiger partial charge in [-0.15, -0.1) is 0 Å². The molecule has 1 saturated heterocycles. The standard InChI is InChI=1S/C26H20Cl2N2O6S/c1-2-35-23-12-17(6-10-22(23)36-15-16-3-7-19(8-4-16)30(33)34)13-24-25(31)29(26(32)37-24)14-18-5-9-20(27)21(28)11-18/h3-13H,2,14-15H2,1H3/b24-13-. The lowest BCUT2D eigenvalue weighted by Gasteiger charge is -2.13. The van der Waals surface area contributed by atoms with Crippen molar-refractivity contribution in [2.75, 3.05) is 6.61 Å². The number of hydrogen-bond donors (Lipinski definition) is 0. The largest absolute Gasteiger partial charge is 0.490 e. The number of nitro groups is 1. The summed E-state index contributed by atoms with van der Waals surface area (Å²) in [6, 6.07) is 16.2. The highest BCUT2D eigenvalue weighted by Crippen LogP contribution is 2.36. The van der Waals surface area contributed by atoms with E-state index in [0.717, 1.165) is 22.2 Å². The molecule has 1 aliphatic heterocycles. The smallest absolute Gasteiger partial charge is 0.293 e. The van der Waals surface area contributed by atoms with Crippen LogP contribution in [0.25, 0.3) is 6.08 Å². The molecule has 8 nitrogen and oxygen atoms in total. The zero-order valence-electron chi connectivity index (χ0n) is 19.5. The molecular weight excluding hydrogens is 539 g/mol. The van der Waals surface area contributed by atoms with E-state index in [2.05, 4.69) is 0 Å². The minimum atomic E-state index is -0.460. The molecule has 190 valence electrons. The zero-order valence-corrected chi connectivity index (χ0v) is 21.8. The quantitative estimate of drug-likeness (QED) is 0.156. The second kappa shape index (κ2) is 11.7. The normalized spacial score (nSPS) is 14.4. The predicted molar refractivity (Wildman–Crippen MR) is 143 cm³/mol. The topological polar surface area (TPSA) is 99.0 Å². The van der Waals surface area contributed by atoms with Gasteiger partial charge in [-0.1, -0.05) is 35.3 Å². The van der Waals surface area contributed by atoms with Crippen LogP contribution in [-0.4, -0.2) is 27.6 Å². The van der Waals surface area contributed by atoms with E-state index in [9.17, 15) is 19.7 Å². The van der Waals surface area contributed by atoms with Gasteiger partial charge in [-0.25, -0.2) is 0 Å². The average Bonchev–Trinajstić information content (AvgIpc) is 3.13. The zero-order chi connectivity index (χ0) is 26.5. The second-order valence-corrected chi connectivity index (χ2v) is 9.68. The molecule has 0 saturated carbocycles. The number of rotatable bonds is 9. The number of benzene rings is 3. The van der Waals surface area contributed by atoms with Crippen molar-refractivity contribution in [1.82, 2.24) is 4.90 Å². The van der Waals surface area contributed by atoms with Crippen molar-refractivity contribution in [2.24, 2.45) is 0 Å². The molecule has 0 aliphatic carbocycles. The summed E-state index contributed by atoms with van der Waals surface area (Å²) in [5.74, 6) is 0.538. The number of hydrogen-bond acceptors (Lipinski definition) is 7. The lowest BCUT2D eigenvalue weighted by molar-refractivity contribution is -0.384. The van der Waals surface area contributed by atoms with Gasteiger partial charge in [0.1, 0.15) is 6.61 Å². The Balaban J connectivity index is 1.48. The van der Waals surface area contributed by atoms with E-state index < -0.39 is 10.8 Å². The number of halogens is 2. The molecule has 3 aromatic carbocycles. The molecule has 11 heteroatoms. The molecule has 3 aromatic rings. The van der Waals surface area contributed by atoms with Crippen molar-refractivity contribution >= 4 is 57.9 Å². The summed E-state index contributed by atoms with van der Waals surface area (Å²) < 4.78 is 11.6. The summed E-state index contributed by atoms with van der Waals surface area (Å²) >= 11 is 12.9. The molecule has 0 aromatic heterocycles. The Kier molecular flexibility index (Phi) is 8.38. The van der Waals surface area contributed by atoms with E-state index >= 15 is 0 Å². The Morgan fingerprint density at radius 2 is 1.68 bits per heavy atom. The van der Waals surface area contributed by atoms with Gasteiger partial charge in [0.05, 0.1) is 33.0 Å². The summed E-state index contributed by atoms with van der Waals surface area (Å²) in [6.45, 7) is 2.49. The number of carbonyl (C=O) groups is 2. The van der Waals surface area contributed by atoms with Crippen LogP contribution in [0.4, 0.5) is 10.5 Å². The van der Waals surface area contributed by atoms with E-state index in [4.69, 9.17) is 32.7 Å². The van der Waals surface area contributed by atoms with Crippen LogP contribution in [0.3, 0.4) is 0 Å². The van der Waals surface area contributed by atoms with Crippen molar-refractivity contribution < 1.29 is 24.0 Å². The van der Waals surface area contributed by atoms with Crippen LogP contribution in [0.15, 0.2) is 65.6 Å². The fourth-order valence-corrected chi connectivity index (χ4v) is 4.64. The molecule has 0 N–H and O–H groups in total. The summed E-state index contributed by atoms with van der Waals surface area (Å²) in [5, 5.41) is 11.2. The Morgan fingerprint density at radius 3 is 2.35 bits per heavy atom. The van der Waals surface area contributed by atoms with Crippen molar-refractivity contribution in [3.8, 4) is 11.5 Å². The number of nitro benzene ring substituents is 1. The fraction of sp³-hybridized carbons (Fsp3) is 0.154. The van der Waals surface area contributed by atoms with Gasteiger partial charge in [0, 0.05) is 12.1 Å². The molecule has 37 heavy (non-hydrogen) atoms. The molecule has 0 bridgehead atoms. The maximum atomic E-state index is 12.9. The number of ether oxygens (including phenoxy) is 2. The van der Waals surface area contributed by atoms with E-state index in [-0.39, 0.29) is 29.0 Å². The molecule has 0 spiro atoms. The number of imide groups is 1. The highest BCUT2D eigenvalue weighted by atomic mass is 35.5. The van der Waals surface area contributed by atoms with E-state index in [1.54, 1.807) is 54.6 Å². The molecule has 1 aliphatic rings. The summed E-state index contributed by atoms with van der Waals surface area (Å²) in [5.41, 5.74) is 2.11. The Labute approximate surface area is 226 Å². The number of carbonyl (C=O) groups excluding carboxylic acids is 2. The van der Waals surface area contributed by atoms with Crippen LogP contribution in [0.2, 0.25) is 10.0 Å². The first-order chi connectivity index (χ1) is 17.7. The summed E-state index contributed by atoms with van der Waals surface area (Å²) in [7, 11) is 0. The van der Waals surface area contributed by atoms with Crippen LogP contribution in [0.1, 0.15) is 23.6 Å². The summed E-state index contributed by atoms with van der Waals surface area (Å²) in [6.07, 6.45) is 1.63. The number of nitrogens with zero attached hydrogens (tertiary/aromatic N) is 2. The minimum Gasteiger partial charge on any atom is -0.490 e. The molecule has 4 rings (SSSR count). The van der Waals surface area contributed by atoms with E-state index in [0.29, 0.717) is 39.3 Å². The summed E-state index contributed by atoms with van der Waals surface area (Å²) in [4.78, 5) is 37.3. The predicted octanol–water partition coefficient (Wildman–Crippen LogP) is 7.12. The van der Waals surface area contributed by atoms with Gasteiger partial charge in [0.2, 0.25) is 0 Å². The van der Waals surface area contributed by atoms with Crippen LogP contribution in [0, 0.1) is 10.1 Å². The maximum Gasteiger partial charge on any atom is 0.293 e. The van der Waals surface area contributed by atoms with Crippen molar-refractivity contribution in [3.05, 3.63) is 102 Å². The maximum absolute atomic E-state index is 12.9. The highest BCUT2D eigenvalue weighted by molar-refractivity contribution is 8.18. The van der Waals surface area contributed by atoms with Crippen molar-refractivity contribution in [1.29, 1.82) is 0 Å². The molecular formula is C26H20Cl2N2O6S. The Hall–Kier alpha value is -3.53. The lowest BCUT2D eigenvalue weighted by Crippen LogP contribution is -2.27. The first-order valence-corrected chi connectivity index (χ1v) is 12.6. The molecule has 0 radical (unpaired) electrons. The minimum absolute atomic E-state index is 0.00415. The number of amides is 2.